The number of thioether (sulfide) groups is 1. The van der Waals surface area contributed by atoms with Crippen molar-refractivity contribution in [2.24, 2.45) is 0 Å². The highest BCUT2D eigenvalue weighted by Gasteiger charge is 2.15. The Balaban J connectivity index is 1.62. The summed E-state index contributed by atoms with van der Waals surface area (Å²) in [6, 6.07) is 12.1. The quantitative estimate of drug-likeness (QED) is 0.591. The van der Waals surface area contributed by atoms with Gasteiger partial charge in [0.15, 0.2) is 0 Å². The SMILES string of the molecule is COc1ccc(-c2nnc(SCC(=O)Nc3ccc(Cl)cc3)o2)c(OC)c1. The van der Waals surface area contributed by atoms with Gasteiger partial charge in [-0.2, -0.15) is 0 Å². The number of hydrogen-bond donors (Lipinski definition) is 1. The molecule has 0 bridgehead atoms. The monoisotopic (exact) mass is 405 g/mol. The van der Waals surface area contributed by atoms with E-state index in [9.17, 15) is 4.79 Å². The first-order chi connectivity index (χ1) is 13.1. The van der Waals surface area contributed by atoms with Crippen LogP contribution in [0.4, 0.5) is 5.69 Å². The van der Waals surface area contributed by atoms with Gasteiger partial charge < -0.3 is 19.2 Å². The molecule has 0 fully saturated rings. The molecule has 1 N–H and O–H groups in total. The molecular formula is C18H16ClN3O4S. The lowest BCUT2D eigenvalue weighted by molar-refractivity contribution is -0.113. The number of carbonyl (C=O) groups excluding carboxylic acids is 1. The van der Waals surface area contributed by atoms with Crippen molar-refractivity contribution in [3.05, 3.63) is 47.5 Å². The maximum atomic E-state index is 12.0. The summed E-state index contributed by atoms with van der Waals surface area (Å²) in [6.45, 7) is 0. The molecule has 1 heterocycles. The molecule has 140 valence electrons. The Labute approximate surface area is 165 Å². The molecule has 0 aliphatic rings. The minimum Gasteiger partial charge on any atom is -0.497 e. The minimum atomic E-state index is -0.191. The van der Waals surface area contributed by atoms with E-state index in [1.54, 1.807) is 56.7 Å². The molecule has 27 heavy (non-hydrogen) atoms. The molecule has 0 spiro atoms. The predicted molar refractivity (Wildman–Crippen MR) is 104 cm³/mol. The van der Waals surface area contributed by atoms with Crippen LogP contribution in [0.2, 0.25) is 5.02 Å². The van der Waals surface area contributed by atoms with Gasteiger partial charge in [0.25, 0.3) is 11.1 Å². The second-order valence-corrected chi connectivity index (χ2v) is 6.65. The van der Waals surface area contributed by atoms with Crippen molar-refractivity contribution in [2.75, 3.05) is 25.3 Å². The fourth-order valence-electron chi connectivity index (χ4n) is 2.21. The van der Waals surface area contributed by atoms with E-state index >= 15 is 0 Å². The van der Waals surface area contributed by atoms with E-state index in [2.05, 4.69) is 15.5 Å². The van der Waals surface area contributed by atoms with E-state index in [0.717, 1.165) is 11.8 Å². The first-order valence-electron chi connectivity index (χ1n) is 7.83. The fourth-order valence-corrected chi connectivity index (χ4v) is 2.90. The summed E-state index contributed by atoms with van der Waals surface area (Å²) in [5.74, 6) is 1.45. The Kier molecular flexibility index (Phi) is 6.20. The Hall–Kier alpha value is -2.71. The number of benzene rings is 2. The second-order valence-electron chi connectivity index (χ2n) is 5.28. The van der Waals surface area contributed by atoms with Crippen molar-refractivity contribution in [2.45, 2.75) is 5.22 Å². The van der Waals surface area contributed by atoms with E-state index < -0.39 is 0 Å². The third-order valence-corrected chi connectivity index (χ3v) is 4.57. The van der Waals surface area contributed by atoms with Crippen molar-refractivity contribution >= 4 is 35.0 Å². The summed E-state index contributed by atoms with van der Waals surface area (Å²) in [5, 5.41) is 11.6. The zero-order valence-electron chi connectivity index (χ0n) is 14.6. The number of ether oxygens (including phenoxy) is 2. The first kappa shape index (κ1) is 19.1. The van der Waals surface area contributed by atoms with Gasteiger partial charge in [-0.25, -0.2) is 0 Å². The van der Waals surface area contributed by atoms with Crippen molar-refractivity contribution < 1.29 is 18.7 Å². The summed E-state index contributed by atoms with van der Waals surface area (Å²) < 4.78 is 16.1. The van der Waals surface area contributed by atoms with Crippen LogP contribution in [0.5, 0.6) is 11.5 Å². The van der Waals surface area contributed by atoms with E-state index in [1.807, 2.05) is 0 Å². The molecule has 0 saturated heterocycles. The Morgan fingerprint density at radius 1 is 1.15 bits per heavy atom. The topological polar surface area (TPSA) is 86.5 Å². The van der Waals surface area contributed by atoms with Crippen LogP contribution in [0.25, 0.3) is 11.5 Å². The summed E-state index contributed by atoms with van der Waals surface area (Å²) >= 11 is 6.96. The molecule has 0 aliphatic heterocycles. The van der Waals surface area contributed by atoms with Crippen LogP contribution in [-0.2, 0) is 4.79 Å². The van der Waals surface area contributed by atoms with Crippen molar-refractivity contribution in [1.29, 1.82) is 0 Å². The molecular weight excluding hydrogens is 390 g/mol. The number of methoxy groups -OCH3 is 2. The predicted octanol–water partition coefficient (Wildman–Crippen LogP) is 4.14. The van der Waals surface area contributed by atoms with Gasteiger partial charge in [-0.1, -0.05) is 23.4 Å². The van der Waals surface area contributed by atoms with Crippen LogP contribution in [0.1, 0.15) is 0 Å². The van der Waals surface area contributed by atoms with Gasteiger partial charge in [-0.3, -0.25) is 4.79 Å². The number of carbonyl (C=O) groups is 1. The number of halogens is 1. The molecule has 7 nitrogen and oxygen atoms in total. The maximum absolute atomic E-state index is 12.0. The van der Waals surface area contributed by atoms with Crippen molar-refractivity contribution in [1.82, 2.24) is 10.2 Å². The van der Waals surface area contributed by atoms with E-state index in [4.69, 9.17) is 25.5 Å². The van der Waals surface area contributed by atoms with Crippen molar-refractivity contribution in [3.8, 4) is 23.0 Å². The zero-order valence-corrected chi connectivity index (χ0v) is 16.1. The standard InChI is InChI=1S/C18H16ClN3O4S/c1-24-13-7-8-14(15(9-13)25-2)17-21-22-18(26-17)27-10-16(23)20-12-5-3-11(19)4-6-12/h3-9H,10H2,1-2H3,(H,20,23). The van der Waals surface area contributed by atoms with Gasteiger partial charge in [0.2, 0.25) is 5.91 Å². The third kappa shape index (κ3) is 4.93. The van der Waals surface area contributed by atoms with Gasteiger partial charge in [-0.05, 0) is 36.4 Å². The lowest BCUT2D eigenvalue weighted by Crippen LogP contribution is -2.13. The molecule has 0 saturated carbocycles. The Morgan fingerprint density at radius 3 is 2.63 bits per heavy atom. The molecule has 0 aliphatic carbocycles. The van der Waals surface area contributed by atoms with E-state index in [0.29, 0.717) is 33.7 Å². The lowest BCUT2D eigenvalue weighted by Gasteiger charge is -2.07. The second kappa shape index (κ2) is 8.79. The number of anilines is 1. The number of nitrogens with one attached hydrogen (secondary N) is 1. The van der Waals surface area contributed by atoms with Gasteiger partial charge >= 0.3 is 0 Å². The summed E-state index contributed by atoms with van der Waals surface area (Å²) in [5.41, 5.74) is 1.31. The lowest BCUT2D eigenvalue weighted by atomic mass is 10.2. The summed E-state index contributed by atoms with van der Waals surface area (Å²) in [7, 11) is 3.12. The number of rotatable bonds is 7. The van der Waals surface area contributed by atoms with Crippen LogP contribution in [0.3, 0.4) is 0 Å². The third-order valence-electron chi connectivity index (χ3n) is 3.50. The Morgan fingerprint density at radius 2 is 1.93 bits per heavy atom. The summed E-state index contributed by atoms with van der Waals surface area (Å²) in [4.78, 5) is 12.0. The molecule has 0 radical (unpaired) electrons. The molecule has 9 heteroatoms. The molecule has 1 aromatic heterocycles. The number of amides is 1. The minimum absolute atomic E-state index is 0.129. The molecule has 0 unspecified atom stereocenters. The molecule has 3 aromatic rings. The normalized spacial score (nSPS) is 10.5. The van der Waals surface area contributed by atoms with Gasteiger partial charge in [0.1, 0.15) is 11.5 Å². The zero-order chi connectivity index (χ0) is 19.2. The van der Waals surface area contributed by atoms with Crippen LogP contribution < -0.4 is 14.8 Å². The number of hydrogen-bond acceptors (Lipinski definition) is 7. The molecule has 3 rings (SSSR count). The number of aromatic nitrogens is 2. The van der Waals surface area contributed by atoms with E-state index in [1.165, 1.54) is 0 Å². The smallest absolute Gasteiger partial charge is 0.277 e. The average Bonchev–Trinajstić information content (AvgIpc) is 3.16. The first-order valence-corrected chi connectivity index (χ1v) is 9.19. The van der Waals surface area contributed by atoms with Crippen molar-refractivity contribution in [3.63, 3.8) is 0 Å². The highest BCUT2D eigenvalue weighted by atomic mass is 35.5. The summed E-state index contributed by atoms with van der Waals surface area (Å²) in [6.07, 6.45) is 0. The van der Waals surface area contributed by atoms with Gasteiger partial charge in [-0.15, -0.1) is 10.2 Å². The van der Waals surface area contributed by atoms with Crippen LogP contribution >= 0.6 is 23.4 Å². The molecule has 1 amide bonds. The maximum Gasteiger partial charge on any atom is 0.277 e. The van der Waals surface area contributed by atoms with Gasteiger partial charge in [0.05, 0.1) is 25.5 Å². The number of nitrogens with zero attached hydrogens (tertiary/aromatic N) is 2. The van der Waals surface area contributed by atoms with Crippen LogP contribution in [-0.4, -0.2) is 36.1 Å². The molecule has 0 atom stereocenters. The van der Waals surface area contributed by atoms with Gasteiger partial charge in [0, 0.05) is 16.8 Å². The van der Waals surface area contributed by atoms with E-state index in [-0.39, 0.29) is 16.9 Å². The largest absolute Gasteiger partial charge is 0.497 e. The van der Waals surface area contributed by atoms with Crippen LogP contribution in [0.15, 0.2) is 52.1 Å². The Bertz CT molecular complexity index is 931. The fraction of sp³-hybridized carbons (Fsp3) is 0.167. The highest BCUT2D eigenvalue weighted by molar-refractivity contribution is 7.99. The average molecular weight is 406 g/mol. The van der Waals surface area contributed by atoms with Crippen LogP contribution in [0, 0.1) is 0 Å². The highest BCUT2D eigenvalue weighted by Crippen LogP contribution is 2.33. The molecule has 2 aromatic carbocycles.